The first-order valence-corrected chi connectivity index (χ1v) is 6.93. The van der Waals surface area contributed by atoms with Gasteiger partial charge in [-0.1, -0.05) is 25.9 Å². The molecule has 2 heterocycles. The molecule has 18 heavy (non-hydrogen) atoms. The third kappa shape index (κ3) is 3.78. The van der Waals surface area contributed by atoms with Crippen LogP contribution in [-0.4, -0.2) is 52.7 Å². The average Bonchev–Trinajstić information content (AvgIpc) is 2.79. The molecule has 5 nitrogen and oxygen atoms in total. The lowest BCUT2D eigenvalue weighted by molar-refractivity contribution is 0.108. The summed E-state index contributed by atoms with van der Waals surface area (Å²) >= 11 is 0. The van der Waals surface area contributed by atoms with Crippen LogP contribution in [-0.2, 0) is 13.0 Å². The molecule has 0 saturated carbocycles. The Balaban J connectivity index is 1.76. The lowest BCUT2D eigenvalue weighted by atomic mass is 10.2. The summed E-state index contributed by atoms with van der Waals surface area (Å²) in [5.74, 6) is 2.31. The fraction of sp³-hybridized carbons (Fsp3) is 0.846. The number of aryl methyl sites for hydroxylation is 1. The number of hydrogen-bond donors (Lipinski definition) is 0. The summed E-state index contributed by atoms with van der Waals surface area (Å²) in [5.41, 5.74) is 0. The quantitative estimate of drug-likeness (QED) is 0.793. The SMILES string of the molecule is CCc1noc(CN2CCN(CC(C)C)CC2)n1. The number of hydrogen-bond acceptors (Lipinski definition) is 5. The molecule has 0 aliphatic carbocycles. The number of rotatable bonds is 5. The van der Waals surface area contributed by atoms with Crippen molar-refractivity contribution in [1.82, 2.24) is 19.9 Å². The van der Waals surface area contributed by atoms with Crippen molar-refractivity contribution in [2.45, 2.75) is 33.7 Å². The summed E-state index contributed by atoms with van der Waals surface area (Å²) in [6.07, 6.45) is 0.839. The van der Waals surface area contributed by atoms with E-state index in [-0.39, 0.29) is 0 Å². The van der Waals surface area contributed by atoms with Gasteiger partial charge in [-0.25, -0.2) is 0 Å². The zero-order chi connectivity index (χ0) is 13.0. The first-order chi connectivity index (χ1) is 8.67. The van der Waals surface area contributed by atoms with Crippen LogP contribution in [0.1, 0.15) is 32.5 Å². The molecular weight excluding hydrogens is 228 g/mol. The Morgan fingerprint density at radius 3 is 2.39 bits per heavy atom. The average molecular weight is 252 g/mol. The molecule has 1 fully saturated rings. The lowest BCUT2D eigenvalue weighted by Gasteiger charge is -2.34. The molecule has 1 aliphatic heterocycles. The van der Waals surface area contributed by atoms with Crippen molar-refractivity contribution in [3.8, 4) is 0 Å². The number of piperazine rings is 1. The van der Waals surface area contributed by atoms with Crippen LogP contribution in [0.2, 0.25) is 0 Å². The molecule has 0 aromatic carbocycles. The Labute approximate surface area is 109 Å². The minimum absolute atomic E-state index is 0.750. The molecule has 0 spiro atoms. The molecule has 2 rings (SSSR count). The molecule has 5 heteroatoms. The van der Waals surface area contributed by atoms with E-state index in [4.69, 9.17) is 4.52 Å². The second kappa shape index (κ2) is 6.29. The molecule has 0 N–H and O–H groups in total. The summed E-state index contributed by atoms with van der Waals surface area (Å²) in [6, 6.07) is 0. The number of aromatic nitrogens is 2. The zero-order valence-corrected chi connectivity index (χ0v) is 11.7. The van der Waals surface area contributed by atoms with Crippen molar-refractivity contribution in [3.05, 3.63) is 11.7 Å². The van der Waals surface area contributed by atoms with Gasteiger partial charge in [0.05, 0.1) is 6.54 Å². The first kappa shape index (κ1) is 13.5. The van der Waals surface area contributed by atoms with E-state index in [0.717, 1.165) is 56.8 Å². The Morgan fingerprint density at radius 1 is 1.17 bits per heavy atom. The molecule has 0 radical (unpaired) electrons. The maximum atomic E-state index is 5.23. The summed E-state index contributed by atoms with van der Waals surface area (Å²) in [5, 5.41) is 3.93. The predicted molar refractivity (Wildman–Crippen MR) is 70.2 cm³/mol. The van der Waals surface area contributed by atoms with Gasteiger partial charge in [0.25, 0.3) is 0 Å². The highest BCUT2D eigenvalue weighted by atomic mass is 16.5. The van der Waals surface area contributed by atoms with Crippen LogP contribution in [0.3, 0.4) is 0 Å². The highest BCUT2D eigenvalue weighted by molar-refractivity contribution is 4.86. The van der Waals surface area contributed by atoms with E-state index >= 15 is 0 Å². The summed E-state index contributed by atoms with van der Waals surface area (Å²) < 4.78 is 5.23. The Kier molecular flexibility index (Phi) is 4.72. The standard InChI is InChI=1S/C13H24N4O/c1-4-12-14-13(18-15-12)10-17-7-5-16(6-8-17)9-11(2)3/h11H,4-10H2,1-3H3. The van der Waals surface area contributed by atoms with Crippen molar-refractivity contribution >= 4 is 0 Å². The maximum absolute atomic E-state index is 5.23. The third-order valence-corrected chi connectivity index (χ3v) is 3.27. The molecule has 0 unspecified atom stereocenters. The van der Waals surface area contributed by atoms with Gasteiger partial charge in [-0.3, -0.25) is 4.90 Å². The van der Waals surface area contributed by atoms with Crippen molar-refractivity contribution in [1.29, 1.82) is 0 Å². The van der Waals surface area contributed by atoms with Crippen LogP contribution in [0.4, 0.5) is 0 Å². The summed E-state index contributed by atoms with van der Waals surface area (Å²) in [4.78, 5) is 9.28. The molecule has 1 aliphatic rings. The summed E-state index contributed by atoms with van der Waals surface area (Å²) in [6.45, 7) is 13.1. The van der Waals surface area contributed by atoms with Crippen LogP contribution in [0, 0.1) is 5.92 Å². The van der Waals surface area contributed by atoms with Gasteiger partial charge in [-0.2, -0.15) is 4.98 Å². The molecule has 0 bridgehead atoms. The highest BCUT2D eigenvalue weighted by Crippen LogP contribution is 2.09. The van der Waals surface area contributed by atoms with Gasteiger partial charge in [-0.15, -0.1) is 0 Å². The van der Waals surface area contributed by atoms with E-state index in [0.29, 0.717) is 0 Å². The second-order valence-corrected chi connectivity index (χ2v) is 5.43. The van der Waals surface area contributed by atoms with E-state index in [1.165, 1.54) is 6.54 Å². The molecule has 0 atom stereocenters. The Hall–Kier alpha value is -0.940. The van der Waals surface area contributed by atoms with E-state index in [1.807, 2.05) is 6.92 Å². The van der Waals surface area contributed by atoms with Gasteiger partial charge >= 0.3 is 0 Å². The van der Waals surface area contributed by atoms with Gasteiger partial charge in [0.2, 0.25) is 5.89 Å². The van der Waals surface area contributed by atoms with Gasteiger partial charge in [0, 0.05) is 39.1 Å². The normalized spacial score (nSPS) is 18.7. The van der Waals surface area contributed by atoms with Crippen molar-refractivity contribution < 1.29 is 4.52 Å². The molecule has 1 aromatic rings. The molecule has 102 valence electrons. The van der Waals surface area contributed by atoms with Crippen LogP contribution in [0.25, 0.3) is 0 Å². The van der Waals surface area contributed by atoms with Gasteiger partial charge in [0.1, 0.15) is 0 Å². The lowest BCUT2D eigenvalue weighted by Crippen LogP contribution is -2.46. The van der Waals surface area contributed by atoms with Gasteiger partial charge in [0.15, 0.2) is 5.82 Å². The van der Waals surface area contributed by atoms with Crippen molar-refractivity contribution in [3.63, 3.8) is 0 Å². The molecule has 0 amide bonds. The minimum Gasteiger partial charge on any atom is -0.338 e. The van der Waals surface area contributed by atoms with E-state index < -0.39 is 0 Å². The monoisotopic (exact) mass is 252 g/mol. The largest absolute Gasteiger partial charge is 0.338 e. The predicted octanol–water partition coefficient (Wildman–Crippen LogP) is 1.41. The minimum atomic E-state index is 0.750. The van der Waals surface area contributed by atoms with E-state index in [1.54, 1.807) is 0 Å². The first-order valence-electron chi connectivity index (χ1n) is 6.93. The fourth-order valence-corrected chi connectivity index (χ4v) is 2.34. The Bertz CT molecular complexity index is 356. The second-order valence-electron chi connectivity index (χ2n) is 5.43. The highest BCUT2D eigenvalue weighted by Gasteiger charge is 2.19. The molecule has 1 aromatic heterocycles. The van der Waals surface area contributed by atoms with Crippen molar-refractivity contribution in [2.24, 2.45) is 5.92 Å². The maximum Gasteiger partial charge on any atom is 0.240 e. The van der Waals surface area contributed by atoms with Crippen LogP contribution < -0.4 is 0 Å². The third-order valence-electron chi connectivity index (χ3n) is 3.27. The van der Waals surface area contributed by atoms with Crippen LogP contribution in [0.5, 0.6) is 0 Å². The van der Waals surface area contributed by atoms with Gasteiger partial charge in [-0.05, 0) is 5.92 Å². The van der Waals surface area contributed by atoms with Crippen LogP contribution in [0.15, 0.2) is 4.52 Å². The van der Waals surface area contributed by atoms with Gasteiger partial charge < -0.3 is 9.42 Å². The van der Waals surface area contributed by atoms with Crippen molar-refractivity contribution in [2.75, 3.05) is 32.7 Å². The van der Waals surface area contributed by atoms with Crippen LogP contribution >= 0.6 is 0 Å². The fourth-order valence-electron chi connectivity index (χ4n) is 2.34. The summed E-state index contributed by atoms with van der Waals surface area (Å²) in [7, 11) is 0. The molecule has 1 saturated heterocycles. The molecular formula is C13H24N4O. The van der Waals surface area contributed by atoms with E-state index in [2.05, 4.69) is 33.8 Å². The Morgan fingerprint density at radius 2 is 1.83 bits per heavy atom. The number of nitrogens with zero attached hydrogens (tertiary/aromatic N) is 4. The zero-order valence-electron chi connectivity index (χ0n) is 11.7. The topological polar surface area (TPSA) is 45.4 Å². The smallest absolute Gasteiger partial charge is 0.240 e. The van der Waals surface area contributed by atoms with E-state index in [9.17, 15) is 0 Å².